The Morgan fingerprint density at radius 3 is 2.84 bits per heavy atom. The van der Waals surface area contributed by atoms with Gasteiger partial charge in [0.05, 0.1) is 19.5 Å². The van der Waals surface area contributed by atoms with Crippen LogP contribution in [0, 0.1) is 0 Å². The van der Waals surface area contributed by atoms with Gasteiger partial charge in [-0.2, -0.15) is 0 Å². The van der Waals surface area contributed by atoms with Crippen LogP contribution in [0.25, 0.3) is 11.2 Å². The molecule has 0 radical (unpaired) electrons. The number of halogens is 2. The summed E-state index contributed by atoms with van der Waals surface area (Å²) in [6.07, 6.45) is 1.69. The number of ether oxygens (including phenoxy) is 1. The Labute approximate surface area is 142 Å². The summed E-state index contributed by atoms with van der Waals surface area (Å²) < 4.78 is 32.2. The number of nitrogens with one attached hydrogen (secondary N) is 1. The van der Waals surface area contributed by atoms with Gasteiger partial charge in [0.2, 0.25) is 0 Å². The molecule has 25 heavy (non-hydrogen) atoms. The number of nitrogens with zero attached hydrogens (tertiary/aromatic N) is 5. The molecule has 0 spiro atoms. The van der Waals surface area contributed by atoms with Crippen LogP contribution in [0.5, 0.6) is 0 Å². The van der Waals surface area contributed by atoms with E-state index in [0.717, 1.165) is 0 Å². The summed E-state index contributed by atoms with van der Waals surface area (Å²) in [7, 11) is 0. The number of imidazole rings is 1. The molecule has 2 saturated heterocycles. The van der Waals surface area contributed by atoms with Crippen molar-refractivity contribution in [2.24, 2.45) is 0 Å². The second kappa shape index (κ2) is 6.17. The van der Waals surface area contributed by atoms with Crippen molar-refractivity contribution in [1.82, 2.24) is 24.8 Å². The number of morpholine rings is 1. The van der Waals surface area contributed by atoms with E-state index in [9.17, 15) is 13.6 Å². The van der Waals surface area contributed by atoms with Gasteiger partial charge >= 0.3 is 0 Å². The fourth-order valence-electron chi connectivity index (χ4n) is 3.24. The molecule has 0 aromatic carbocycles. The lowest BCUT2D eigenvalue weighted by atomic mass is 10.1. The third kappa shape index (κ3) is 3.13. The first-order chi connectivity index (χ1) is 12.0. The van der Waals surface area contributed by atoms with Crippen molar-refractivity contribution in [2.45, 2.75) is 24.9 Å². The van der Waals surface area contributed by atoms with Crippen LogP contribution in [0.4, 0.5) is 14.6 Å². The second-order valence-corrected chi connectivity index (χ2v) is 6.29. The summed E-state index contributed by atoms with van der Waals surface area (Å²) >= 11 is 0. The number of rotatable bonds is 2. The number of hydrogen-bond donors (Lipinski definition) is 1. The Kier molecular flexibility index (Phi) is 3.98. The quantitative estimate of drug-likeness (QED) is 0.861. The molecule has 0 aliphatic carbocycles. The zero-order valence-corrected chi connectivity index (χ0v) is 13.5. The first-order valence-electron chi connectivity index (χ1n) is 8.21. The molecule has 2 aliphatic rings. The highest BCUT2D eigenvalue weighted by Crippen LogP contribution is 2.29. The van der Waals surface area contributed by atoms with E-state index in [4.69, 9.17) is 4.74 Å². The monoisotopic (exact) mass is 352 g/mol. The van der Waals surface area contributed by atoms with Gasteiger partial charge in [-0.3, -0.25) is 4.79 Å². The lowest BCUT2D eigenvalue weighted by molar-refractivity contribution is -0.150. The lowest BCUT2D eigenvalue weighted by Crippen LogP contribution is -2.53. The van der Waals surface area contributed by atoms with Crippen molar-refractivity contribution in [3.05, 3.63) is 12.7 Å². The Bertz CT molecular complexity index is 772. The van der Waals surface area contributed by atoms with Crippen LogP contribution >= 0.6 is 0 Å². The highest BCUT2D eigenvalue weighted by atomic mass is 19.3. The van der Waals surface area contributed by atoms with Crippen molar-refractivity contribution in [3.8, 4) is 0 Å². The van der Waals surface area contributed by atoms with E-state index >= 15 is 0 Å². The minimum absolute atomic E-state index is 0.0595. The molecule has 0 bridgehead atoms. The van der Waals surface area contributed by atoms with Crippen molar-refractivity contribution in [1.29, 1.82) is 0 Å². The van der Waals surface area contributed by atoms with E-state index in [1.165, 1.54) is 11.2 Å². The van der Waals surface area contributed by atoms with E-state index in [1.54, 1.807) is 6.33 Å². The van der Waals surface area contributed by atoms with E-state index in [0.29, 0.717) is 36.7 Å². The summed E-state index contributed by atoms with van der Waals surface area (Å²) in [5, 5.41) is 0. The van der Waals surface area contributed by atoms with Crippen LogP contribution in [0.2, 0.25) is 0 Å². The summed E-state index contributed by atoms with van der Waals surface area (Å²) in [6.45, 7) is 1.37. The summed E-state index contributed by atoms with van der Waals surface area (Å²) in [5.41, 5.74) is 1.26. The molecule has 4 heterocycles. The van der Waals surface area contributed by atoms with Crippen LogP contribution in [0.3, 0.4) is 0 Å². The summed E-state index contributed by atoms with van der Waals surface area (Å²) in [6, 6.07) is 0. The summed E-state index contributed by atoms with van der Waals surface area (Å²) in [5.74, 6) is -2.26. The third-order valence-electron chi connectivity index (χ3n) is 4.65. The number of anilines is 1. The third-order valence-corrected chi connectivity index (χ3v) is 4.65. The van der Waals surface area contributed by atoms with Gasteiger partial charge in [-0.15, -0.1) is 0 Å². The zero-order valence-electron chi connectivity index (χ0n) is 13.5. The van der Waals surface area contributed by atoms with E-state index in [-0.39, 0.29) is 31.8 Å². The maximum absolute atomic E-state index is 13.3. The average Bonchev–Trinajstić information content (AvgIpc) is 3.10. The van der Waals surface area contributed by atoms with Crippen LogP contribution in [-0.4, -0.2) is 75.6 Å². The number of H-pyrrole nitrogens is 1. The maximum atomic E-state index is 13.3. The number of aromatic amines is 1. The molecule has 2 fully saturated rings. The number of aromatic nitrogens is 4. The zero-order chi connectivity index (χ0) is 17.4. The first-order valence-corrected chi connectivity index (χ1v) is 8.21. The van der Waals surface area contributed by atoms with Crippen LogP contribution < -0.4 is 4.90 Å². The van der Waals surface area contributed by atoms with Crippen LogP contribution in [0.1, 0.15) is 12.8 Å². The smallest absolute Gasteiger partial charge is 0.253 e. The minimum atomic E-state index is -2.68. The van der Waals surface area contributed by atoms with Gasteiger partial charge < -0.3 is 19.5 Å². The molecular weight excluding hydrogens is 334 g/mol. The molecule has 2 aliphatic heterocycles. The highest BCUT2D eigenvalue weighted by molar-refractivity contribution is 5.85. The van der Waals surface area contributed by atoms with Gasteiger partial charge in [-0.05, 0) is 0 Å². The van der Waals surface area contributed by atoms with E-state index in [2.05, 4.69) is 19.9 Å². The minimum Gasteiger partial charge on any atom is -0.365 e. The van der Waals surface area contributed by atoms with Crippen LogP contribution in [0.15, 0.2) is 12.7 Å². The molecule has 1 atom stereocenters. The predicted molar refractivity (Wildman–Crippen MR) is 84.4 cm³/mol. The molecule has 8 nitrogen and oxygen atoms in total. The fourth-order valence-corrected chi connectivity index (χ4v) is 3.24. The topological polar surface area (TPSA) is 87.2 Å². The lowest BCUT2D eigenvalue weighted by Gasteiger charge is -2.38. The average molecular weight is 352 g/mol. The van der Waals surface area contributed by atoms with Gasteiger partial charge in [0.25, 0.3) is 11.8 Å². The van der Waals surface area contributed by atoms with Crippen molar-refractivity contribution >= 4 is 22.9 Å². The Hall–Kier alpha value is -2.36. The largest absolute Gasteiger partial charge is 0.365 e. The standard InChI is InChI=1S/C15H18F2N6O2/c16-15(17)1-3-22(4-2-15)14(24)10-7-23(5-6-25-10)13-11-12(19-8-18-11)20-9-21-13/h8-10H,1-7H2,(H,18,19,20,21). The summed E-state index contributed by atoms with van der Waals surface area (Å²) in [4.78, 5) is 31.5. The van der Waals surface area contributed by atoms with E-state index in [1.807, 2.05) is 4.90 Å². The molecule has 1 N–H and O–H groups in total. The van der Waals surface area contributed by atoms with Crippen molar-refractivity contribution in [3.63, 3.8) is 0 Å². The van der Waals surface area contributed by atoms with Gasteiger partial charge in [0.1, 0.15) is 11.8 Å². The number of carbonyl (C=O) groups is 1. The SMILES string of the molecule is O=C(C1CN(c2ncnc3nc[nH]c23)CCO1)N1CCC(F)(F)CC1. The molecule has 1 unspecified atom stereocenters. The predicted octanol–water partition coefficient (Wildman–Crippen LogP) is 0.816. The highest BCUT2D eigenvalue weighted by Gasteiger charge is 2.38. The van der Waals surface area contributed by atoms with Crippen LogP contribution in [-0.2, 0) is 9.53 Å². The number of carbonyl (C=O) groups excluding carboxylic acids is 1. The van der Waals surface area contributed by atoms with E-state index < -0.39 is 12.0 Å². The maximum Gasteiger partial charge on any atom is 0.253 e. The normalized spacial score (nSPS) is 23.8. The number of likely N-dealkylation sites (tertiary alicyclic amines) is 1. The van der Waals surface area contributed by atoms with Gasteiger partial charge in [-0.25, -0.2) is 23.7 Å². The molecule has 134 valence electrons. The van der Waals surface area contributed by atoms with Crippen molar-refractivity contribution < 1.29 is 18.3 Å². The molecule has 2 aromatic rings. The molecule has 1 amide bonds. The molecule has 10 heteroatoms. The first kappa shape index (κ1) is 16.1. The Morgan fingerprint density at radius 2 is 2.04 bits per heavy atom. The van der Waals surface area contributed by atoms with Crippen molar-refractivity contribution in [2.75, 3.05) is 37.7 Å². The molecule has 2 aromatic heterocycles. The number of hydrogen-bond acceptors (Lipinski definition) is 6. The number of piperidine rings is 1. The Morgan fingerprint density at radius 1 is 1.24 bits per heavy atom. The number of alkyl halides is 2. The van der Waals surface area contributed by atoms with Gasteiger partial charge in [-0.1, -0.05) is 0 Å². The molecule has 4 rings (SSSR count). The van der Waals surface area contributed by atoms with Gasteiger partial charge in [0.15, 0.2) is 17.6 Å². The van der Waals surface area contributed by atoms with Gasteiger partial charge in [0, 0.05) is 32.5 Å². The number of amides is 1. The Balaban J connectivity index is 1.48. The second-order valence-electron chi connectivity index (χ2n) is 6.29. The molecular formula is C15H18F2N6O2. The number of fused-ring (bicyclic) bond motifs is 1. The molecule has 0 saturated carbocycles. The fraction of sp³-hybridized carbons (Fsp3) is 0.600.